The number of para-hydroxylation sites is 2. The van der Waals surface area contributed by atoms with E-state index in [4.69, 9.17) is 18.6 Å². The summed E-state index contributed by atoms with van der Waals surface area (Å²) in [5.41, 5.74) is 4.90. The zero-order valence-electron chi connectivity index (χ0n) is 11.8. The number of nitrogens with one attached hydrogen (secondary N) is 1. The number of H-pyrrole nitrogens is 1. The predicted molar refractivity (Wildman–Crippen MR) is 81.4 cm³/mol. The molecule has 0 radical (unpaired) electrons. The van der Waals surface area contributed by atoms with Crippen molar-refractivity contribution in [3.63, 3.8) is 0 Å². The maximum Gasteiger partial charge on any atom is 0.344 e. The molecule has 120 valence electrons. The van der Waals surface area contributed by atoms with Crippen molar-refractivity contribution >= 4 is 27.3 Å². The summed E-state index contributed by atoms with van der Waals surface area (Å²) in [5, 5.41) is 2.20. The van der Waals surface area contributed by atoms with Crippen LogP contribution in [0, 0.1) is 10.2 Å². The predicted octanol–water partition coefficient (Wildman–Crippen LogP) is 0.775. The van der Waals surface area contributed by atoms with Crippen molar-refractivity contribution in [2.24, 2.45) is 0 Å². The molecule has 0 bridgehead atoms. The van der Waals surface area contributed by atoms with E-state index >= 15 is 0 Å². The third-order valence-corrected chi connectivity index (χ3v) is 4.03. The first-order valence-electron chi connectivity index (χ1n) is 6.55. The van der Waals surface area contributed by atoms with Gasteiger partial charge in [-0.05, 0) is 12.1 Å². The number of benzene rings is 2. The molecule has 4 N–H and O–H groups in total. The number of thiazole rings is 1. The van der Waals surface area contributed by atoms with Crippen LogP contribution in [0.3, 0.4) is 0 Å². The first-order chi connectivity index (χ1) is 10.9. The van der Waals surface area contributed by atoms with Gasteiger partial charge >= 0.3 is 33.8 Å². The van der Waals surface area contributed by atoms with Crippen LogP contribution >= 0.6 is 11.3 Å². The van der Waals surface area contributed by atoms with Gasteiger partial charge in [-0.25, -0.2) is 4.98 Å². The number of nitrogens with zero attached hydrogens (tertiary/aromatic N) is 1. The van der Waals surface area contributed by atoms with E-state index in [9.17, 15) is 0 Å². The molecule has 2 heterocycles. The topological polar surface area (TPSA) is 104 Å². The summed E-state index contributed by atoms with van der Waals surface area (Å²) in [7, 11) is -4.19. The fraction of sp³-hybridized carbons (Fsp3) is 0. The minimum atomic E-state index is -4.19. The molecule has 6 nitrogen and oxygen atoms in total. The van der Waals surface area contributed by atoms with Crippen LogP contribution in [-0.2, 0) is 0 Å². The summed E-state index contributed by atoms with van der Waals surface area (Å²) < 4.78 is 32.5. The molecule has 0 unspecified atom stereocenters. The summed E-state index contributed by atoms with van der Waals surface area (Å²) in [6.45, 7) is 0. The molecule has 0 atom stereocenters. The van der Waals surface area contributed by atoms with Gasteiger partial charge in [0.25, 0.3) is 0 Å². The Morgan fingerprint density at radius 3 is 2.26 bits per heavy atom. The first-order valence-corrected chi connectivity index (χ1v) is 8.75. The monoisotopic (exact) mass is 353 g/mol. The van der Waals surface area contributed by atoms with E-state index in [2.05, 4.69) is 63.3 Å². The molecule has 0 aliphatic heterocycles. The molecule has 2 aromatic heterocycles. The zero-order chi connectivity index (χ0) is 16.4. The normalized spacial score (nSPS) is 12.2. The molecule has 0 amide bonds. The quantitative estimate of drug-likeness (QED) is 0.379. The molecule has 0 aliphatic carbocycles. The van der Waals surface area contributed by atoms with Crippen LogP contribution in [0.5, 0.6) is 0 Å². The SMILES string of the molecule is [O-][Cl+](O)(O)O.c1ccc(-c2csc3[nH]c4ccccc4[n+]23)cc1. The number of aromatic amines is 1. The standard InChI is InChI=1S/C15H10N2S.ClH3O4/c1-2-6-11(7-3-1)14-10-18-15-16-12-8-4-5-9-13(12)17(14)15;2-1(3,4)5/h1-10H;2-4H/p+1. The summed E-state index contributed by atoms with van der Waals surface area (Å²) in [4.78, 5) is 4.63. The van der Waals surface area contributed by atoms with E-state index in [0.29, 0.717) is 0 Å². The first kappa shape index (κ1) is 15.9. The fourth-order valence-corrected chi connectivity index (χ4v) is 3.28. The second-order valence-corrected chi connectivity index (χ2v) is 6.43. The molecule has 4 aromatic rings. The Balaban J connectivity index is 0.000000276. The minimum Gasteiger partial charge on any atom is -0.227 e. The van der Waals surface area contributed by atoms with Gasteiger partial charge in [0.05, 0.1) is 0 Å². The maximum atomic E-state index is 8.83. The summed E-state index contributed by atoms with van der Waals surface area (Å²) >= 11 is 1.74. The van der Waals surface area contributed by atoms with E-state index in [1.165, 1.54) is 27.3 Å². The number of aromatic nitrogens is 2. The average Bonchev–Trinajstić information content (AvgIpc) is 3.05. The van der Waals surface area contributed by atoms with Gasteiger partial charge < -0.3 is 0 Å². The van der Waals surface area contributed by atoms with Crippen LogP contribution in [-0.4, -0.2) is 19.0 Å². The Labute approximate surface area is 137 Å². The fourth-order valence-electron chi connectivity index (χ4n) is 2.35. The van der Waals surface area contributed by atoms with Crippen LogP contribution < -0.4 is 9.06 Å². The summed E-state index contributed by atoms with van der Waals surface area (Å²) in [6.07, 6.45) is 0. The van der Waals surface area contributed by atoms with Gasteiger partial charge in [-0.3, -0.25) is 0 Å². The Hall–Kier alpha value is -2.00. The molecule has 4 rings (SSSR count). The molecule has 0 fully saturated rings. The van der Waals surface area contributed by atoms with Crippen LogP contribution in [0.2, 0.25) is 0 Å². The Kier molecular flexibility index (Phi) is 4.31. The van der Waals surface area contributed by atoms with Crippen LogP contribution in [0.25, 0.3) is 27.3 Å². The van der Waals surface area contributed by atoms with Gasteiger partial charge in [0, 0.05) is 10.9 Å². The van der Waals surface area contributed by atoms with Crippen molar-refractivity contribution in [3.05, 3.63) is 60.0 Å². The third kappa shape index (κ3) is 3.67. The number of imidazole rings is 1. The zero-order valence-corrected chi connectivity index (χ0v) is 13.3. The summed E-state index contributed by atoms with van der Waals surface area (Å²) in [6, 6.07) is 18.9. The average molecular weight is 354 g/mol. The number of hydrogen-bond acceptors (Lipinski definition) is 5. The van der Waals surface area contributed by atoms with Crippen molar-refractivity contribution < 1.29 is 33.3 Å². The van der Waals surface area contributed by atoms with Crippen molar-refractivity contribution in [1.82, 2.24) is 4.98 Å². The van der Waals surface area contributed by atoms with Crippen LogP contribution in [0.1, 0.15) is 0 Å². The van der Waals surface area contributed by atoms with Gasteiger partial charge in [-0.2, -0.15) is 4.40 Å². The van der Waals surface area contributed by atoms with Crippen molar-refractivity contribution in [1.29, 1.82) is 0 Å². The molecular weight excluding hydrogens is 340 g/mol. The number of fused-ring (bicyclic) bond motifs is 3. The van der Waals surface area contributed by atoms with Gasteiger partial charge in [0.15, 0.2) is 16.7 Å². The number of rotatable bonds is 1. The molecule has 0 saturated carbocycles. The number of halogens is 1. The third-order valence-electron chi connectivity index (χ3n) is 3.18. The molecular formula is C15H14ClN2O4S+. The molecule has 0 aliphatic rings. The Bertz CT molecular complexity index is 925. The maximum absolute atomic E-state index is 8.83. The van der Waals surface area contributed by atoms with E-state index in [0.717, 1.165) is 0 Å². The molecule has 23 heavy (non-hydrogen) atoms. The van der Waals surface area contributed by atoms with Crippen LogP contribution in [0.15, 0.2) is 60.0 Å². The van der Waals surface area contributed by atoms with Gasteiger partial charge in [0.2, 0.25) is 0 Å². The summed E-state index contributed by atoms with van der Waals surface area (Å²) in [5.74, 6) is 0. The molecule has 0 saturated heterocycles. The van der Waals surface area contributed by atoms with Crippen molar-refractivity contribution in [2.45, 2.75) is 0 Å². The minimum absolute atomic E-state index is 1.18. The Morgan fingerprint density at radius 1 is 0.957 bits per heavy atom. The van der Waals surface area contributed by atoms with Gasteiger partial charge in [-0.15, -0.1) is 0 Å². The van der Waals surface area contributed by atoms with Crippen LogP contribution in [0.4, 0.5) is 0 Å². The van der Waals surface area contributed by atoms with Gasteiger partial charge in [0.1, 0.15) is 0 Å². The largest absolute Gasteiger partial charge is 0.344 e. The smallest absolute Gasteiger partial charge is 0.227 e. The van der Waals surface area contributed by atoms with Crippen molar-refractivity contribution in [3.8, 4) is 11.3 Å². The van der Waals surface area contributed by atoms with E-state index in [1.807, 2.05) is 6.07 Å². The number of hydrogen-bond donors (Lipinski definition) is 4. The van der Waals surface area contributed by atoms with Gasteiger partial charge in [-0.1, -0.05) is 53.8 Å². The van der Waals surface area contributed by atoms with E-state index in [1.54, 1.807) is 11.3 Å². The van der Waals surface area contributed by atoms with E-state index in [-0.39, 0.29) is 0 Å². The molecule has 2 aromatic carbocycles. The van der Waals surface area contributed by atoms with Crippen molar-refractivity contribution in [2.75, 3.05) is 0 Å². The molecule has 8 heteroatoms. The second-order valence-electron chi connectivity index (χ2n) is 4.70. The molecule has 0 spiro atoms. The van der Waals surface area contributed by atoms with E-state index < -0.39 is 10.2 Å². The Morgan fingerprint density at radius 2 is 1.57 bits per heavy atom. The second kappa shape index (κ2) is 6.25.